The molecular weight excluding hydrogens is 230 g/mol. The van der Waals surface area contributed by atoms with Crippen LogP contribution in [0.1, 0.15) is 19.4 Å². The number of nitrogens with two attached hydrogens (primary N) is 1. The maximum absolute atomic E-state index is 6.01. The largest absolute Gasteiger partial charge is 0.493 e. The Labute approximate surface area is 106 Å². The summed E-state index contributed by atoms with van der Waals surface area (Å²) in [4.78, 5) is 4.40. The van der Waals surface area contributed by atoms with Gasteiger partial charge in [0.2, 0.25) is 5.95 Å². The van der Waals surface area contributed by atoms with Gasteiger partial charge in [-0.1, -0.05) is 6.92 Å². The highest BCUT2D eigenvalue weighted by molar-refractivity contribution is 5.82. The first-order valence-electron chi connectivity index (χ1n) is 6.05. The fourth-order valence-corrected chi connectivity index (χ4v) is 2.45. The number of rotatable bonds is 3. The van der Waals surface area contributed by atoms with Crippen LogP contribution in [0.4, 0.5) is 5.95 Å². The molecule has 1 fully saturated rings. The number of nitrogen functional groups attached to an aromatic ring is 1. The Kier molecular flexibility index (Phi) is 2.36. The van der Waals surface area contributed by atoms with Crippen LogP contribution in [0.25, 0.3) is 11.0 Å². The van der Waals surface area contributed by atoms with Crippen molar-refractivity contribution >= 4 is 17.0 Å². The molecule has 18 heavy (non-hydrogen) atoms. The number of hydrogen-bond acceptors (Lipinski definition) is 4. The third-order valence-electron chi connectivity index (χ3n) is 3.62. The third-order valence-corrected chi connectivity index (χ3v) is 3.62. The fraction of sp³-hybridized carbons (Fsp3) is 0.462. The molecule has 5 heteroatoms. The van der Waals surface area contributed by atoms with Crippen molar-refractivity contribution < 1.29 is 9.47 Å². The summed E-state index contributed by atoms with van der Waals surface area (Å²) in [5, 5.41) is 0. The summed E-state index contributed by atoms with van der Waals surface area (Å²) in [7, 11) is 3.25. The van der Waals surface area contributed by atoms with E-state index in [0.717, 1.165) is 17.5 Å². The van der Waals surface area contributed by atoms with Crippen LogP contribution in [-0.2, 0) is 0 Å². The van der Waals surface area contributed by atoms with Crippen LogP contribution in [0, 0.1) is 5.92 Å². The molecule has 1 aliphatic rings. The Hall–Kier alpha value is -1.91. The second-order valence-corrected chi connectivity index (χ2v) is 4.82. The highest BCUT2D eigenvalue weighted by Gasteiger charge is 2.36. The van der Waals surface area contributed by atoms with E-state index in [-0.39, 0.29) is 0 Å². The lowest BCUT2D eigenvalue weighted by molar-refractivity contribution is 0.355. The topological polar surface area (TPSA) is 62.3 Å². The van der Waals surface area contributed by atoms with Gasteiger partial charge < -0.3 is 19.8 Å². The Morgan fingerprint density at radius 1 is 1.28 bits per heavy atom. The van der Waals surface area contributed by atoms with Gasteiger partial charge in [0.05, 0.1) is 25.3 Å². The molecule has 0 aliphatic heterocycles. The van der Waals surface area contributed by atoms with Crippen molar-refractivity contribution in [3.8, 4) is 11.5 Å². The van der Waals surface area contributed by atoms with Gasteiger partial charge in [-0.15, -0.1) is 0 Å². The minimum absolute atomic E-state index is 0.466. The number of imidazole rings is 1. The van der Waals surface area contributed by atoms with Crippen LogP contribution in [0.3, 0.4) is 0 Å². The van der Waals surface area contributed by atoms with Crippen molar-refractivity contribution in [2.75, 3.05) is 20.0 Å². The molecule has 2 aromatic rings. The number of aromatic nitrogens is 2. The van der Waals surface area contributed by atoms with Crippen molar-refractivity contribution in [3.05, 3.63) is 12.1 Å². The minimum atomic E-state index is 0.466. The molecule has 3 rings (SSSR count). The molecule has 96 valence electrons. The van der Waals surface area contributed by atoms with Crippen molar-refractivity contribution in [3.63, 3.8) is 0 Å². The monoisotopic (exact) mass is 247 g/mol. The van der Waals surface area contributed by atoms with Crippen molar-refractivity contribution in [1.29, 1.82) is 0 Å². The molecule has 2 N–H and O–H groups in total. The highest BCUT2D eigenvalue weighted by atomic mass is 16.5. The van der Waals surface area contributed by atoms with Gasteiger partial charge in [-0.2, -0.15) is 0 Å². The Morgan fingerprint density at radius 3 is 2.44 bits per heavy atom. The van der Waals surface area contributed by atoms with Gasteiger partial charge in [0, 0.05) is 18.2 Å². The predicted molar refractivity (Wildman–Crippen MR) is 70.1 cm³/mol. The zero-order valence-corrected chi connectivity index (χ0v) is 10.8. The van der Waals surface area contributed by atoms with Crippen LogP contribution >= 0.6 is 0 Å². The van der Waals surface area contributed by atoms with Crippen molar-refractivity contribution in [2.24, 2.45) is 5.92 Å². The first kappa shape index (κ1) is 11.2. The fourth-order valence-electron chi connectivity index (χ4n) is 2.45. The first-order valence-corrected chi connectivity index (χ1v) is 6.05. The van der Waals surface area contributed by atoms with Crippen LogP contribution in [0.15, 0.2) is 12.1 Å². The van der Waals surface area contributed by atoms with Crippen LogP contribution in [0.2, 0.25) is 0 Å². The quantitative estimate of drug-likeness (QED) is 0.903. The zero-order chi connectivity index (χ0) is 12.9. The smallest absolute Gasteiger partial charge is 0.201 e. The Morgan fingerprint density at radius 2 is 1.89 bits per heavy atom. The van der Waals surface area contributed by atoms with E-state index in [4.69, 9.17) is 15.2 Å². The normalized spacial score (nSPS) is 22.2. The molecule has 2 atom stereocenters. The van der Waals surface area contributed by atoms with E-state index < -0.39 is 0 Å². The summed E-state index contributed by atoms with van der Waals surface area (Å²) in [6.07, 6.45) is 1.16. The van der Waals surface area contributed by atoms with Gasteiger partial charge in [-0.05, 0) is 12.3 Å². The third kappa shape index (κ3) is 1.50. The van der Waals surface area contributed by atoms with E-state index >= 15 is 0 Å². The number of fused-ring (bicyclic) bond motifs is 1. The van der Waals surface area contributed by atoms with Crippen molar-refractivity contribution in [1.82, 2.24) is 9.55 Å². The molecule has 1 heterocycles. The van der Waals surface area contributed by atoms with E-state index in [0.29, 0.717) is 29.4 Å². The van der Waals surface area contributed by atoms with E-state index in [1.807, 2.05) is 12.1 Å². The number of benzene rings is 1. The van der Waals surface area contributed by atoms with E-state index in [9.17, 15) is 0 Å². The van der Waals surface area contributed by atoms with Gasteiger partial charge in [0.15, 0.2) is 11.5 Å². The molecular formula is C13H17N3O2. The molecule has 1 aliphatic carbocycles. The van der Waals surface area contributed by atoms with Crippen LogP contribution in [0.5, 0.6) is 11.5 Å². The molecule has 1 aromatic carbocycles. The number of ether oxygens (including phenoxy) is 2. The second-order valence-electron chi connectivity index (χ2n) is 4.82. The van der Waals surface area contributed by atoms with Crippen LogP contribution < -0.4 is 15.2 Å². The summed E-state index contributed by atoms with van der Waals surface area (Å²) in [5.74, 6) is 2.62. The molecule has 0 saturated heterocycles. The standard InChI is InChI=1S/C13H17N3O2/c1-7-4-9(7)16-10-6-12(18-3)11(17-2)5-8(10)15-13(16)14/h5-7,9H,4H2,1-3H3,(H2,14,15). The number of hydrogen-bond donors (Lipinski definition) is 1. The summed E-state index contributed by atoms with van der Waals surface area (Å²) < 4.78 is 12.7. The number of methoxy groups -OCH3 is 2. The van der Waals surface area contributed by atoms with Gasteiger partial charge in [-0.25, -0.2) is 4.98 Å². The number of anilines is 1. The SMILES string of the molecule is COc1cc2nc(N)n(C3CC3C)c2cc1OC. The molecule has 1 aromatic heterocycles. The lowest BCUT2D eigenvalue weighted by Gasteiger charge is -2.09. The van der Waals surface area contributed by atoms with E-state index in [1.54, 1.807) is 14.2 Å². The minimum Gasteiger partial charge on any atom is -0.493 e. The molecule has 0 spiro atoms. The number of nitrogens with zero attached hydrogens (tertiary/aromatic N) is 2. The lowest BCUT2D eigenvalue weighted by Crippen LogP contribution is -2.02. The highest BCUT2D eigenvalue weighted by Crippen LogP contribution is 2.46. The summed E-state index contributed by atoms with van der Waals surface area (Å²) in [6.45, 7) is 2.22. The Balaban J connectivity index is 2.21. The average Bonchev–Trinajstić information content (AvgIpc) is 2.98. The average molecular weight is 247 g/mol. The molecule has 1 saturated carbocycles. The van der Waals surface area contributed by atoms with E-state index in [1.165, 1.54) is 0 Å². The molecule has 5 nitrogen and oxygen atoms in total. The lowest BCUT2D eigenvalue weighted by atomic mass is 10.2. The van der Waals surface area contributed by atoms with Gasteiger partial charge >= 0.3 is 0 Å². The summed E-state index contributed by atoms with van der Waals surface area (Å²) in [6, 6.07) is 4.28. The van der Waals surface area contributed by atoms with Gasteiger partial charge in [0.25, 0.3) is 0 Å². The first-order chi connectivity index (χ1) is 8.65. The molecule has 0 radical (unpaired) electrons. The maximum atomic E-state index is 6.01. The molecule has 0 amide bonds. The van der Waals surface area contributed by atoms with Crippen LogP contribution in [-0.4, -0.2) is 23.8 Å². The van der Waals surface area contributed by atoms with Gasteiger partial charge in [-0.3, -0.25) is 0 Å². The molecule has 0 bridgehead atoms. The maximum Gasteiger partial charge on any atom is 0.201 e. The summed E-state index contributed by atoms with van der Waals surface area (Å²) >= 11 is 0. The van der Waals surface area contributed by atoms with E-state index in [2.05, 4.69) is 16.5 Å². The molecule has 2 unspecified atom stereocenters. The van der Waals surface area contributed by atoms with Gasteiger partial charge in [0.1, 0.15) is 0 Å². The summed E-state index contributed by atoms with van der Waals surface area (Å²) in [5.41, 5.74) is 7.87. The predicted octanol–water partition coefficient (Wildman–Crippen LogP) is 2.22. The van der Waals surface area contributed by atoms with Crippen molar-refractivity contribution in [2.45, 2.75) is 19.4 Å². The Bertz CT molecular complexity index is 606. The second kappa shape index (κ2) is 3.80. The zero-order valence-electron chi connectivity index (χ0n) is 10.8.